The number of rotatable bonds is 15. The molecule has 22 nitrogen and oxygen atoms in total. The van der Waals surface area contributed by atoms with Gasteiger partial charge in [-0.3, -0.25) is 24.8 Å². The van der Waals surface area contributed by atoms with Gasteiger partial charge in [-0.25, -0.2) is 18.7 Å². The lowest BCUT2D eigenvalue weighted by atomic mass is 9.95. The van der Waals surface area contributed by atoms with E-state index in [-0.39, 0.29) is 29.9 Å². The smallest absolute Gasteiger partial charge is 0.398 e. The molecule has 1 aliphatic rings. The molecule has 264 valence electrons. The number of aromatic nitrogens is 2. The van der Waals surface area contributed by atoms with Crippen LogP contribution in [0.4, 0.5) is 17.1 Å². The number of ether oxygens (including phenoxy) is 2. The number of nitrogens with zero attached hydrogens (tertiary/aromatic N) is 4. The van der Waals surface area contributed by atoms with E-state index in [1.165, 1.54) is 29.1 Å². The van der Waals surface area contributed by atoms with Gasteiger partial charge in [0.25, 0.3) is 11.4 Å². The second-order valence-electron chi connectivity index (χ2n) is 10.7. The average Bonchev–Trinajstić information content (AvgIpc) is 3.50. The van der Waals surface area contributed by atoms with Crippen LogP contribution in [0.2, 0.25) is 0 Å². The molecule has 0 aliphatic carbocycles. The first-order chi connectivity index (χ1) is 22.2. The van der Waals surface area contributed by atoms with Crippen molar-refractivity contribution in [2.75, 3.05) is 12.3 Å². The molecule has 3 heterocycles. The Morgan fingerprint density at radius 3 is 2.25 bits per heavy atom. The number of hydrogen-bond donors (Lipinski definition) is 6. The normalized spacial score (nSPS) is 21.6. The lowest BCUT2D eigenvalue weighted by molar-refractivity contribution is -0.397. The lowest BCUT2D eigenvalue weighted by Crippen LogP contribution is -2.26. The van der Waals surface area contributed by atoms with Gasteiger partial charge in [-0.05, 0) is 18.1 Å². The largest absolute Gasteiger partial charge is 0.490 e. The molecule has 48 heavy (non-hydrogen) atoms. The summed E-state index contributed by atoms with van der Waals surface area (Å²) >= 11 is 0. The van der Waals surface area contributed by atoms with E-state index in [2.05, 4.69) is 18.1 Å². The molecular weight excluding hydrogens is 711 g/mol. The zero-order valence-corrected chi connectivity index (χ0v) is 27.5. The number of hydrogen-bond acceptors (Lipinski definition) is 15. The Hall–Kier alpha value is -3.20. The minimum absolute atomic E-state index is 0.151. The van der Waals surface area contributed by atoms with Crippen LogP contribution in [0.5, 0.6) is 0 Å². The van der Waals surface area contributed by atoms with E-state index in [9.17, 15) is 48.8 Å². The van der Waals surface area contributed by atoms with Crippen molar-refractivity contribution in [1.82, 2.24) is 9.55 Å². The van der Waals surface area contributed by atoms with Crippen LogP contribution in [-0.4, -0.2) is 62.9 Å². The van der Waals surface area contributed by atoms with Crippen LogP contribution in [0.25, 0.3) is 11.0 Å². The molecule has 1 saturated heterocycles. The predicted molar refractivity (Wildman–Crippen MR) is 161 cm³/mol. The van der Waals surface area contributed by atoms with Gasteiger partial charge < -0.3 is 44.5 Å². The molecule has 2 unspecified atom stereocenters. The van der Waals surface area contributed by atoms with Crippen molar-refractivity contribution in [2.45, 2.75) is 51.4 Å². The summed E-state index contributed by atoms with van der Waals surface area (Å²) in [6.07, 6.45) is -2.11. The second-order valence-corrected chi connectivity index (χ2v) is 15.1. The standard InChI is InChI=1S/C23H30N5O17P3/c1-12(2)22(21-15(27(30)31)4-3-5-16(21)28(32)33)41-10-13-9-26(23-20(13)14(24)6-7-25-23)19-8-17(29)18(43-19)11-42-47(37,38)45-48(39,40)44-46(34,35)36/h3-7,9,12,17-19,22,29H,8,10-11H2,1-2H3,(H2,24,25)(H,37,38)(H,39,40)(H2,34,35,36)/t17-,18-,19-,22-/m1/s1. The number of fused-ring (bicyclic) bond motifs is 1. The predicted octanol–water partition coefficient (Wildman–Crippen LogP) is 3.34. The molecular formula is C23H30N5O17P3. The highest BCUT2D eigenvalue weighted by molar-refractivity contribution is 7.66. The van der Waals surface area contributed by atoms with Crippen LogP contribution in [-0.2, 0) is 42.9 Å². The topological polar surface area (TPSA) is 329 Å². The quantitative estimate of drug-likeness (QED) is 0.0738. The Bertz CT molecular complexity index is 1820. The van der Waals surface area contributed by atoms with E-state index in [4.69, 9.17) is 25.0 Å². The number of pyridine rings is 1. The molecule has 1 fully saturated rings. The summed E-state index contributed by atoms with van der Waals surface area (Å²) in [6, 6.07) is 4.96. The fraction of sp³-hybridized carbons (Fsp3) is 0.435. The van der Waals surface area contributed by atoms with Gasteiger partial charge in [0.05, 0.1) is 35.3 Å². The highest BCUT2D eigenvalue weighted by Crippen LogP contribution is 2.66. The third-order valence-corrected chi connectivity index (χ3v) is 10.7. The SMILES string of the molecule is CC(C)[C@@H](OCc1cn([C@H]2C[C@@H](O)[C@@H](COP(=O)(O)OP(=O)(O)OP(=O)(O)O)O2)c2nccc(N)c12)c1c([N+](=O)[O-])cccc1[N+](=O)[O-]. The molecule has 0 saturated carbocycles. The minimum atomic E-state index is -5.76. The van der Waals surface area contributed by atoms with Gasteiger partial charge in [-0.1, -0.05) is 13.8 Å². The van der Waals surface area contributed by atoms with Crippen LogP contribution in [0.1, 0.15) is 43.7 Å². The van der Waals surface area contributed by atoms with Crippen molar-refractivity contribution in [2.24, 2.45) is 5.92 Å². The lowest BCUT2D eigenvalue weighted by Gasteiger charge is -2.21. The monoisotopic (exact) mass is 741 g/mol. The number of nitro benzene ring substituents is 2. The molecule has 1 aromatic carbocycles. The summed E-state index contributed by atoms with van der Waals surface area (Å²) in [5.74, 6) is -0.475. The van der Waals surface area contributed by atoms with Gasteiger partial charge >= 0.3 is 23.5 Å². The average molecular weight is 741 g/mol. The summed E-state index contributed by atoms with van der Waals surface area (Å²) in [7, 11) is -16.9. The number of aliphatic hydroxyl groups excluding tert-OH is 1. The van der Waals surface area contributed by atoms with Gasteiger partial charge in [-0.2, -0.15) is 8.62 Å². The molecule has 0 radical (unpaired) electrons. The Morgan fingerprint density at radius 2 is 1.69 bits per heavy atom. The van der Waals surface area contributed by atoms with Crippen molar-refractivity contribution >= 4 is 51.6 Å². The van der Waals surface area contributed by atoms with Gasteiger partial charge in [-0.15, -0.1) is 0 Å². The number of phosphoric acid groups is 3. The van der Waals surface area contributed by atoms with Gasteiger partial charge in [0.15, 0.2) is 0 Å². The number of aliphatic hydroxyl groups is 1. The van der Waals surface area contributed by atoms with E-state index >= 15 is 0 Å². The van der Waals surface area contributed by atoms with Crippen LogP contribution < -0.4 is 5.73 Å². The number of nitro groups is 2. The van der Waals surface area contributed by atoms with Crippen LogP contribution >= 0.6 is 23.5 Å². The van der Waals surface area contributed by atoms with Crippen molar-refractivity contribution in [3.8, 4) is 0 Å². The maximum Gasteiger partial charge on any atom is 0.490 e. The molecule has 3 aromatic rings. The van der Waals surface area contributed by atoms with E-state index < -0.39 is 81.8 Å². The Balaban J connectivity index is 1.57. The molecule has 1 aliphatic heterocycles. The molecule has 0 spiro atoms. The number of phosphoric ester groups is 1. The summed E-state index contributed by atoms with van der Waals surface area (Å²) in [5, 5.41) is 34.6. The van der Waals surface area contributed by atoms with E-state index in [0.717, 1.165) is 12.1 Å². The fourth-order valence-electron chi connectivity index (χ4n) is 5.06. The van der Waals surface area contributed by atoms with Crippen molar-refractivity contribution in [3.63, 3.8) is 0 Å². The first kappa shape index (κ1) is 37.6. The van der Waals surface area contributed by atoms with E-state index in [1.54, 1.807) is 13.8 Å². The molecule has 25 heteroatoms. The summed E-state index contributed by atoms with van der Waals surface area (Å²) < 4.78 is 59.8. The third-order valence-electron chi connectivity index (χ3n) is 6.92. The molecule has 0 amide bonds. The maximum absolute atomic E-state index is 12.1. The number of nitrogens with two attached hydrogens (primary N) is 1. The van der Waals surface area contributed by atoms with Crippen molar-refractivity contribution < 1.29 is 70.8 Å². The number of anilines is 1. The van der Waals surface area contributed by atoms with Crippen molar-refractivity contribution in [1.29, 1.82) is 0 Å². The van der Waals surface area contributed by atoms with Gasteiger partial charge in [0, 0.05) is 47.6 Å². The summed E-state index contributed by atoms with van der Waals surface area (Å²) in [4.78, 5) is 62.8. The van der Waals surface area contributed by atoms with Gasteiger partial charge in [0.2, 0.25) is 0 Å². The number of benzene rings is 1. The van der Waals surface area contributed by atoms with E-state index in [1.807, 2.05) is 0 Å². The molecule has 6 atom stereocenters. The second kappa shape index (κ2) is 14.3. The van der Waals surface area contributed by atoms with Crippen molar-refractivity contribution in [3.05, 3.63) is 68.0 Å². The molecule has 0 bridgehead atoms. The first-order valence-corrected chi connectivity index (χ1v) is 18.1. The van der Waals surface area contributed by atoms with E-state index in [0.29, 0.717) is 10.9 Å². The van der Waals surface area contributed by atoms with Gasteiger partial charge in [0.1, 0.15) is 23.5 Å². The molecule has 4 rings (SSSR count). The molecule has 2 aromatic heterocycles. The molecule has 7 N–H and O–H groups in total. The highest BCUT2D eigenvalue weighted by atomic mass is 31.3. The van der Waals surface area contributed by atoms with Crippen LogP contribution in [0.3, 0.4) is 0 Å². The first-order valence-electron chi connectivity index (χ1n) is 13.6. The Labute approximate surface area is 269 Å². The summed E-state index contributed by atoms with van der Waals surface area (Å²) in [6.45, 7) is 2.16. The number of nitrogen functional groups attached to an aromatic ring is 1. The highest BCUT2D eigenvalue weighted by Gasteiger charge is 2.43. The Kier molecular flexibility index (Phi) is 11.2. The zero-order chi connectivity index (χ0) is 35.8. The maximum atomic E-state index is 12.1. The minimum Gasteiger partial charge on any atom is -0.398 e. The van der Waals surface area contributed by atoms with Crippen LogP contribution in [0, 0.1) is 26.1 Å². The summed E-state index contributed by atoms with van der Waals surface area (Å²) in [5.41, 5.74) is 5.87. The zero-order valence-electron chi connectivity index (χ0n) is 24.8. The Morgan fingerprint density at radius 1 is 1.06 bits per heavy atom. The fourth-order valence-corrected chi connectivity index (χ4v) is 8.09. The third kappa shape index (κ3) is 8.87. The van der Waals surface area contributed by atoms with Crippen LogP contribution in [0.15, 0.2) is 36.7 Å².